The van der Waals surface area contributed by atoms with Gasteiger partial charge in [0.2, 0.25) is 0 Å². The highest BCUT2D eigenvalue weighted by molar-refractivity contribution is 7.99. The van der Waals surface area contributed by atoms with Gasteiger partial charge in [-0.3, -0.25) is 0 Å². The normalized spacial score (nSPS) is 17.1. The van der Waals surface area contributed by atoms with Crippen LogP contribution in [0.4, 0.5) is 23.7 Å². The third-order valence-electron chi connectivity index (χ3n) is 4.08. The number of hydrogen-bond donors (Lipinski definition) is 1. The molecule has 0 aromatic heterocycles. The molecule has 1 aliphatic rings. The van der Waals surface area contributed by atoms with E-state index in [2.05, 4.69) is 5.32 Å². The van der Waals surface area contributed by atoms with Crippen molar-refractivity contribution in [1.29, 1.82) is 0 Å². The number of urea groups is 1. The molecule has 2 amide bonds. The highest BCUT2D eigenvalue weighted by Crippen LogP contribution is 2.39. The van der Waals surface area contributed by atoms with Gasteiger partial charge in [0, 0.05) is 18.0 Å². The van der Waals surface area contributed by atoms with E-state index in [1.807, 2.05) is 12.1 Å². The summed E-state index contributed by atoms with van der Waals surface area (Å²) >= 11 is 7.20. The van der Waals surface area contributed by atoms with Crippen molar-refractivity contribution in [3.8, 4) is 5.75 Å². The second kappa shape index (κ2) is 7.90. The van der Waals surface area contributed by atoms with Crippen LogP contribution in [0.1, 0.15) is 16.5 Å². The lowest BCUT2D eigenvalue weighted by Crippen LogP contribution is -2.34. The minimum Gasteiger partial charge on any atom is -0.497 e. The van der Waals surface area contributed by atoms with E-state index < -0.39 is 22.8 Å². The van der Waals surface area contributed by atoms with Crippen molar-refractivity contribution >= 4 is 35.1 Å². The van der Waals surface area contributed by atoms with E-state index in [-0.39, 0.29) is 11.1 Å². The van der Waals surface area contributed by atoms with E-state index in [1.54, 1.807) is 35.9 Å². The fourth-order valence-electron chi connectivity index (χ4n) is 2.74. The first kappa shape index (κ1) is 19.7. The van der Waals surface area contributed by atoms with Crippen molar-refractivity contribution in [1.82, 2.24) is 4.90 Å². The Labute approximate surface area is 163 Å². The van der Waals surface area contributed by atoms with Crippen molar-refractivity contribution in [2.75, 3.05) is 24.7 Å². The smallest absolute Gasteiger partial charge is 0.417 e. The second-order valence-corrected chi connectivity index (χ2v) is 7.41. The molecule has 2 aromatic carbocycles. The first-order chi connectivity index (χ1) is 12.8. The third kappa shape index (κ3) is 4.44. The maximum absolute atomic E-state index is 13.0. The summed E-state index contributed by atoms with van der Waals surface area (Å²) in [7, 11) is 1.57. The summed E-state index contributed by atoms with van der Waals surface area (Å²) in [6, 6.07) is 10.2. The maximum atomic E-state index is 13.0. The number of hydrogen-bond acceptors (Lipinski definition) is 3. The fourth-order valence-corrected chi connectivity index (χ4v) is 4.22. The second-order valence-electron chi connectivity index (χ2n) is 5.81. The summed E-state index contributed by atoms with van der Waals surface area (Å²) in [4.78, 5) is 14.2. The molecule has 4 nitrogen and oxygen atoms in total. The van der Waals surface area contributed by atoms with Crippen LogP contribution in [0.5, 0.6) is 5.75 Å². The van der Waals surface area contributed by atoms with Gasteiger partial charge in [0.25, 0.3) is 0 Å². The van der Waals surface area contributed by atoms with Crippen LogP contribution >= 0.6 is 23.4 Å². The number of ether oxygens (including phenoxy) is 1. The summed E-state index contributed by atoms with van der Waals surface area (Å²) in [6.07, 6.45) is -4.59. The molecule has 1 atom stereocenters. The predicted molar refractivity (Wildman–Crippen MR) is 100 cm³/mol. The monoisotopic (exact) mass is 416 g/mol. The van der Waals surface area contributed by atoms with Gasteiger partial charge in [-0.15, -0.1) is 11.8 Å². The predicted octanol–water partition coefficient (Wildman–Crippen LogP) is 5.65. The molecule has 0 saturated carbocycles. The first-order valence-corrected chi connectivity index (χ1v) is 9.42. The lowest BCUT2D eigenvalue weighted by molar-refractivity contribution is -0.137. The van der Waals surface area contributed by atoms with Crippen molar-refractivity contribution in [3.63, 3.8) is 0 Å². The maximum Gasteiger partial charge on any atom is 0.417 e. The number of thioether (sulfide) groups is 1. The van der Waals surface area contributed by atoms with Gasteiger partial charge in [0.05, 0.1) is 17.7 Å². The van der Waals surface area contributed by atoms with Crippen LogP contribution in [0.3, 0.4) is 0 Å². The van der Waals surface area contributed by atoms with Crippen molar-refractivity contribution in [2.45, 2.75) is 11.6 Å². The molecule has 2 aromatic rings. The average molecular weight is 417 g/mol. The Kier molecular flexibility index (Phi) is 5.76. The Bertz CT molecular complexity index is 830. The Morgan fingerprint density at radius 2 is 1.96 bits per heavy atom. The summed E-state index contributed by atoms with van der Waals surface area (Å²) in [5.41, 5.74) is -0.0212. The van der Waals surface area contributed by atoms with Crippen LogP contribution in [0.2, 0.25) is 5.02 Å². The van der Waals surface area contributed by atoms with Gasteiger partial charge in [0.1, 0.15) is 11.1 Å². The summed E-state index contributed by atoms with van der Waals surface area (Å²) < 4.78 is 44.1. The number of amides is 2. The molecule has 9 heteroatoms. The number of carbonyl (C=O) groups excluding carboxylic acids is 1. The van der Waals surface area contributed by atoms with Crippen LogP contribution in [0, 0.1) is 0 Å². The zero-order valence-electron chi connectivity index (χ0n) is 14.2. The van der Waals surface area contributed by atoms with Crippen molar-refractivity contribution in [2.24, 2.45) is 0 Å². The molecule has 1 unspecified atom stereocenters. The van der Waals surface area contributed by atoms with Gasteiger partial charge in [0.15, 0.2) is 0 Å². The minimum atomic E-state index is -4.59. The molecule has 3 rings (SSSR count). The van der Waals surface area contributed by atoms with Gasteiger partial charge in [-0.2, -0.15) is 13.2 Å². The largest absolute Gasteiger partial charge is 0.497 e. The first-order valence-electron chi connectivity index (χ1n) is 7.99. The van der Waals surface area contributed by atoms with E-state index in [9.17, 15) is 18.0 Å². The average Bonchev–Trinajstić information content (AvgIpc) is 3.12. The number of alkyl halides is 3. The quantitative estimate of drug-likeness (QED) is 0.703. The van der Waals surface area contributed by atoms with Crippen LogP contribution in [0.15, 0.2) is 42.5 Å². The zero-order chi connectivity index (χ0) is 19.6. The molecule has 0 bridgehead atoms. The molecule has 27 heavy (non-hydrogen) atoms. The van der Waals surface area contributed by atoms with Crippen LogP contribution < -0.4 is 10.1 Å². The molecule has 1 aliphatic heterocycles. The molecule has 0 aliphatic carbocycles. The third-order valence-corrected chi connectivity index (χ3v) is 5.67. The number of carbonyl (C=O) groups is 1. The number of benzene rings is 2. The zero-order valence-corrected chi connectivity index (χ0v) is 15.8. The number of rotatable bonds is 3. The number of halogens is 4. The van der Waals surface area contributed by atoms with E-state index in [0.717, 1.165) is 23.4 Å². The summed E-state index contributed by atoms with van der Waals surface area (Å²) in [6.45, 7) is 0.493. The fraction of sp³-hybridized carbons (Fsp3) is 0.278. The Morgan fingerprint density at radius 1 is 1.26 bits per heavy atom. The highest BCUT2D eigenvalue weighted by Gasteiger charge is 2.34. The molecule has 1 saturated heterocycles. The number of nitrogens with zero attached hydrogens (tertiary/aromatic N) is 1. The van der Waals surface area contributed by atoms with Gasteiger partial charge in [-0.05, 0) is 35.9 Å². The molecule has 0 radical (unpaired) electrons. The number of nitrogens with one attached hydrogen (secondary N) is 1. The molecule has 1 fully saturated rings. The number of methoxy groups -OCH3 is 1. The Hall–Kier alpha value is -2.06. The number of anilines is 1. The standard InChI is InChI=1S/C18H16ClF3N2O2S/c1-26-13-5-2-11(3-6-13)16-24(8-9-27-16)17(25)23-12-4-7-15(19)14(10-12)18(20,21)22/h2-7,10,16H,8-9H2,1H3,(H,23,25). The van der Waals surface area contributed by atoms with E-state index in [1.165, 1.54) is 6.07 Å². The Morgan fingerprint density at radius 3 is 2.59 bits per heavy atom. The lowest BCUT2D eigenvalue weighted by atomic mass is 10.2. The van der Waals surface area contributed by atoms with Crippen molar-refractivity contribution < 1.29 is 22.7 Å². The summed E-state index contributed by atoms with van der Waals surface area (Å²) in [5, 5.41) is 1.91. The van der Waals surface area contributed by atoms with Gasteiger partial charge in [-0.1, -0.05) is 23.7 Å². The van der Waals surface area contributed by atoms with Gasteiger partial charge >= 0.3 is 12.2 Å². The summed E-state index contributed by atoms with van der Waals surface area (Å²) in [5.74, 6) is 1.44. The molecular weight excluding hydrogens is 401 g/mol. The van der Waals surface area contributed by atoms with Crippen LogP contribution in [-0.4, -0.2) is 30.3 Å². The Balaban J connectivity index is 1.77. The van der Waals surface area contributed by atoms with Crippen molar-refractivity contribution in [3.05, 3.63) is 58.6 Å². The van der Waals surface area contributed by atoms with Gasteiger partial charge in [-0.25, -0.2) is 4.79 Å². The highest BCUT2D eigenvalue weighted by atomic mass is 35.5. The SMILES string of the molecule is COc1ccc(C2SCCN2C(=O)Nc2ccc(Cl)c(C(F)(F)F)c2)cc1. The van der Waals surface area contributed by atoms with E-state index in [4.69, 9.17) is 16.3 Å². The molecule has 1 N–H and O–H groups in total. The molecular formula is C18H16ClF3N2O2S. The molecule has 1 heterocycles. The van der Waals surface area contributed by atoms with Gasteiger partial charge < -0.3 is 15.0 Å². The van der Waals surface area contributed by atoms with E-state index in [0.29, 0.717) is 12.3 Å². The molecule has 0 spiro atoms. The van der Waals surface area contributed by atoms with E-state index >= 15 is 0 Å². The topological polar surface area (TPSA) is 41.6 Å². The minimum absolute atomic E-state index is 0.0436. The van der Waals surface area contributed by atoms with Crippen LogP contribution in [0.25, 0.3) is 0 Å². The molecule has 144 valence electrons. The van der Waals surface area contributed by atoms with Crippen LogP contribution in [-0.2, 0) is 6.18 Å². The lowest BCUT2D eigenvalue weighted by Gasteiger charge is -2.25.